The highest BCUT2D eigenvalue weighted by atomic mass is 16.7. The van der Waals surface area contributed by atoms with Crippen molar-refractivity contribution >= 4 is 11.7 Å². The number of hydrogen-bond donors (Lipinski definition) is 1. The number of carbonyl (C=O) groups is 1. The molecule has 154 valence electrons. The molecule has 1 aromatic carbocycles. The first-order chi connectivity index (χ1) is 14.8. The summed E-state index contributed by atoms with van der Waals surface area (Å²) in [6.07, 6.45) is 6.21. The Morgan fingerprint density at radius 2 is 2.13 bits per heavy atom. The fourth-order valence-electron chi connectivity index (χ4n) is 3.39. The second-order valence-electron chi connectivity index (χ2n) is 6.90. The Hall–Kier alpha value is -3.66. The second kappa shape index (κ2) is 7.99. The molecule has 2 aromatic heterocycles. The highest BCUT2D eigenvalue weighted by Crippen LogP contribution is 2.32. The van der Waals surface area contributed by atoms with Crippen LogP contribution in [0.15, 0.2) is 49.2 Å². The summed E-state index contributed by atoms with van der Waals surface area (Å²) < 4.78 is 18.1. The number of hydrogen-bond acceptors (Lipinski definition) is 8. The topological polar surface area (TPSA) is 104 Å². The number of nitrogens with zero attached hydrogens (tertiary/aromatic N) is 5. The van der Waals surface area contributed by atoms with Crippen LogP contribution in [0.25, 0.3) is 5.95 Å². The molecule has 1 saturated heterocycles. The maximum absolute atomic E-state index is 12.7. The third kappa shape index (κ3) is 3.77. The minimum Gasteiger partial charge on any atom is -0.454 e. The van der Waals surface area contributed by atoms with E-state index in [-0.39, 0.29) is 12.7 Å². The summed E-state index contributed by atoms with van der Waals surface area (Å²) in [5.74, 6) is 2.52. The van der Waals surface area contributed by atoms with E-state index in [9.17, 15) is 4.79 Å². The van der Waals surface area contributed by atoms with E-state index in [1.165, 1.54) is 0 Å². The Morgan fingerprint density at radius 3 is 3.03 bits per heavy atom. The van der Waals surface area contributed by atoms with Crippen molar-refractivity contribution in [2.45, 2.75) is 12.6 Å². The molecular weight excluding hydrogens is 388 g/mol. The summed E-state index contributed by atoms with van der Waals surface area (Å²) in [5, 5.41) is 2.93. The Labute approximate surface area is 172 Å². The van der Waals surface area contributed by atoms with Gasteiger partial charge in [-0.2, -0.15) is 4.98 Å². The van der Waals surface area contributed by atoms with Crippen molar-refractivity contribution in [2.75, 3.05) is 31.4 Å². The summed E-state index contributed by atoms with van der Waals surface area (Å²) in [5.41, 5.74) is 0.932. The van der Waals surface area contributed by atoms with Gasteiger partial charge in [0.25, 0.3) is 5.91 Å². The van der Waals surface area contributed by atoms with E-state index in [1.54, 1.807) is 29.5 Å². The van der Waals surface area contributed by atoms with Crippen LogP contribution in [-0.4, -0.2) is 58.0 Å². The molecule has 1 amide bonds. The molecule has 3 aromatic rings. The third-order valence-electron chi connectivity index (χ3n) is 4.95. The van der Waals surface area contributed by atoms with Crippen LogP contribution >= 0.6 is 0 Å². The highest BCUT2D eigenvalue weighted by Gasteiger charge is 2.27. The number of ether oxygens (including phenoxy) is 3. The van der Waals surface area contributed by atoms with Crippen LogP contribution < -0.4 is 19.7 Å². The van der Waals surface area contributed by atoms with Crippen LogP contribution in [0.2, 0.25) is 0 Å². The Kier molecular flexibility index (Phi) is 4.89. The van der Waals surface area contributed by atoms with Crippen molar-refractivity contribution in [3.63, 3.8) is 0 Å². The van der Waals surface area contributed by atoms with Gasteiger partial charge in [0, 0.05) is 31.7 Å². The van der Waals surface area contributed by atoms with Crippen molar-refractivity contribution in [1.29, 1.82) is 0 Å². The minimum absolute atomic E-state index is 0.166. The van der Waals surface area contributed by atoms with Gasteiger partial charge in [0.1, 0.15) is 12.1 Å². The predicted molar refractivity (Wildman–Crippen MR) is 106 cm³/mol. The molecule has 30 heavy (non-hydrogen) atoms. The van der Waals surface area contributed by atoms with Crippen LogP contribution in [-0.2, 0) is 16.1 Å². The van der Waals surface area contributed by atoms with E-state index in [0.717, 1.165) is 17.1 Å². The number of carbonyl (C=O) groups excluding carboxylic acids is 1. The zero-order valence-corrected chi connectivity index (χ0v) is 16.1. The molecule has 10 nitrogen and oxygen atoms in total. The van der Waals surface area contributed by atoms with Crippen molar-refractivity contribution < 1.29 is 19.0 Å². The fourth-order valence-corrected chi connectivity index (χ4v) is 3.39. The van der Waals surface area contributed by atoms with Gasteiger partial charge in [0.05, 0.1) is 13.2 Å². The van der Waals surface area contributed by atoms with E-state index in [0.29, 0.717) is 37.9 Å². The first-order valence-electron chi connectivity index (χ1n) is 9.60. The second-order valence-corrected chi connectivity index (χ2v) is 6.90. The molecule has 0 spiro atoms. The van der Waals surface area contributed by atoms with Crippen molar-refractivity contribution in [2.24, 2.45) is 0 Å². The number of aromatic nitrogens is 4. The van der Waals surface area contributed by atoms with Gasteiger partial charge in [-0.15, -0.1) is 0 Å². The van der Waals surface area contributed by atoms with Gasteiger partial charge >= 0.3 is 0 Å². The number of nitrogens with one attached hydrogen (secondary N) is 1. The third-order valence-corrected chi connectivity index (χ3v) is 4.95. The summed E-state index contributed by atoms with van der Waals surface area (Å²) in [6.45, 7) is 2.10. The average molecular weight is 408 g/mol. The molecule has 0 radical (unpaired) electrons. The van der Waals surface area contributed by atoms with Crippen molar-refractivity contribution in [3.05, 3.63) is 54.7 Å². The number of anilines is 1. The van der Waals surface area contributed by atoms with Gasteiger partial charge in [-0.1, -0.05) is 6.07 Å². The SMILES string of the molecule is O=C(NCc1ccc2c(c1)OCO2)C1CN(c2ccnc(-n3ccnc3)n2)CCO1. The molecular formula is C20H20N6O4. The number of rotatable bonds is 5. The van der Waals surface area contributed by atoms with Gasteiger partial charge in [-0.25, -0.2) is 9.97 Å². The van der Waals surface area contributed by atoms with E-state index < -0.39 is 6.10 Å². The van der Waals surface area contributed by atoms with Crippen molar-refractivity contribution in [3.8, 4) is 17.4 Å². The molecule has 2 aliphatic rings. The van der Waals surface area contributed by atoms with Crippen molar-refractivity contribution in [1.82, 2.24) is 24.8 Å². The van der Waals surface area contributed by atoms with Crippen LogP contribution in [0.5, 0.6) is 11.5 Å². The molecule has 10 heteroatoms. The van der Waals surface area contributed by atoms with Crippen LogP contribution in [0.1, 0.15) is 5.56 Å². The van der Waals surface area contributed by atoms with Gasteiger partial charge in [0.15, 0.2) is 17.6 Å². The summed E-state index contributed by atoms with van der Waals surface area (Å²) in [4.78, 5) is 27.6. The first kappa shape index (κ1) is 18.4. The monoisotopic (exact) mass is 408 g/mol. The Morgan fingerprint density at radius 1 is 1.20 bits per heavy atom. The van der Waals surface area contributed by atoms with E-state index in [2.05, 4.69) is 20.3 Å². The molecule has 1 unspecified atom stereocenters. The lowest BCUT2D eigenvalue weighted by Crippen LogP contribution is -2.50. The molecule has 1 N–H and O–H groups in total. The molecule has 1 atom stereocenters. The molecule has 4 heterocycles. The van der Waals surface area contributed by atoms with Gasteiger partial charge in [-0.3, -0.25) is 9.36 Å². The number of benzene rings is 1. The quantitative estimate of drug-likeness (QED) is 0.665. The van der Waals surface area contributed by atoms with Gasteiger partial charge in [-0.05, 0) is 23.8 Å². The lowest BCUT2D eigenvalue weighted by molar-refractivity contribution is -0.133. The maximum Gasteiger partial charge on any atom is 0.251 e. The average Bonchev–Trinajstić information content (AvgIpc) is 3.49. The standard InChI is InChI=1S/C20H20N6O4/c27-19(23-10-14-1-2-15-16(9-14)30-13-29-15)17-11-25(7-8-28-17)18-3-4-22-20(24-18)26-6-5-21-12-26/h1-6,9,12,17H,7-8,10-11,13H2,(H,23,27). The smallest absolute Gasteiger partial charge is 0.251 e. The number of fused-ring (bicyclic) bond motifs is 1. The molecule has 0 saturated carbocycles. The number of imidazole rings is 1. The molecule has 5 rings (SSSR count). The molecule has 1 fully saturated rings. The first-order valence-corrected chi connectivity index (χ1v) is 9.60. The van der Waals surface area contributed by atoms with Gasteiger partial charge < -0.3 is 24.4 Å². The largest absolute Gasteiger partial charge is 0.454 e. The molecule has 0 bridgehead atoms. The Balaban J connectivity index is 1.22. The number of amides is 1. The Bertz CT molecular complexity index is 1040. The maximum atomic E-state index is 12.7. The lowest BCUT2D eigenvalue weighted by atomic mass is 10.2. The summed E-state index contributed by atoms with van der Waals surface area (Å²) in [7, 11) is 0. The zero-order valence-electron chi connectivity index (χ0n) is 16.1. The highest BCUT2D eigenvalue weighted by molar-refractivity contribution is 5.81. The molecule has 0 aliphatic carbocycles. The van der Waals surface area contributed by atoms with Crippen LogP contribution in [0.3, 0.4) is 0 Å². The number of morpholine rings is 1. The van der Waals surface area contributed by atoms with E-state index in [4.69, 9.17) is 14.2 Å². The lowest BCUT2D eigenvalue weighted by Gasteiger charge is -2.33. The molecule has 2 aliphatic heterocycles. The predicted octanol–water partition coefficient (Wildman–Crippen LogP) is 0.913. The minimum atomic E-state index is -0.584. The normalized spacial score (nSPS) is 17.7. The van der Waals surface area contributed by atoms with Crippen LogP contribution in [0.4, 0.5) is 5.82 Å². The van der Waals surface area contributed by atoms with Crippen LogP contribution in [0, 0.1) is 0 Å². The van der Waals surface area contributed by atoms with E-state index >= 15 is 0 Å². The zero-order chi connectivity index (χ0) is 20.3. The summed E-state index contributed by atoms with van der Waals surface area (Å²) >= 11 is 0. The fraction of sp³-hybridized carbons (Fsp3) is 0.300. The van der Waals surface area contributed by atoms with E-state index in [1.807, 2.05) is 29.2 Å². The summed E-state index contributed by atoms with van der Waals surface area (Å²) in [6, 6.07) is 7.44. The van der Waals surface area contributed by atoms with Gasteiger partial charge in [0.2, 0.25) is 12.7 Å².